The van der Waals surface area contributed by atoms with Crippen LogP contribution in [0.25, 0.3) is 0 Å². The van der Waals surface area contributed by atoms with E-state index in [0.29, 0.717) is 16.6 Å². The molecule has 0 saturated heterocycles. The number of hydrogen-bond donors (Lipinski definition) is 2. The molecule has 0 bridgehead atoms. The number of carbonyl (C=O) groups excluding carboxylic acids is 2. The van der Waals surface area contributed by atoms with E-state index >= 15 is 0 Å². The number of carbonyl (C=O) groups is 2. The summed E-state index contributed by atoms with van der Waals surface area (Å²) in [5.41, 5.74) is 0.946. The predicted octanol–water partition coefficient (Wildman–Crippen LogP) is 0.861. The maximum atomic E-state index is 11.9. The molecule has 8 heteroatoms. The number of nitrogens with zero attached hydrogens (tertiary/aromatic N) is 3. The minimum absolute atomic E-state index is 0.130. The fourth-order valence-corrected chi connectivity index (χ4v) is 2.79. The maximum absolute atomic E-state index is 11.9. The summed E-state index contributed by atoms with van der Waals surface area (Å²) < 4.78 is 0. The highest BCUT2D eigenvalue weighted by atomic mass is 32.1. The Morgan fingerprint density at radius 1 is 1.40 bits per heavy atom. The van der Waals surface area contributed by atoms with Gasteiger partial charge in [0, 0.05) is 18.9 Å². The minimum Gasteiger partial charge on any atom is -0.351 e. The van der Waals surface area contributed by atoms with Crippen LogP contribution in [0.5, 0.6) is 0 Å². The Labute approximate surface area is 118 Å². The van der Waals surface area contributed by atoms with Crippen LogP contribution < -0.4 is 10.6 Å². The summed E-state index contributed by atoms with van der Waals surface area (Å²) >= 11 is 1.18. The lowest BCUT2D eigenvalue weighted by Crippen LogP contribution is -2.21. The van der Waals surface area contributed by atoms with Gasteiger partial charge in [0.1, 0.15) is 10.6 Å². The van der Waals surface area contributed by atoms with Gasteiger partial charge in [-0.3, -0.25) is 19.9 Å². The fourth-order valence-electron chi connectivity index (χ4n) is 1.87. The normalized spacial score (nSPS) is 14.1. The standard InChI is InChI=1S/C12H11N5O2S/c18-10(8-6-13-4-5-14-8)17-12-16-7-2-1-3-15-11(19)9(7)20-12/h4-6H,1-3H2,(H,15,19)(H,16,17,18). The first-order chi connectivity index (χ1) is 9.74. The van der Waals surface area contributed by atoms with Crippen molar-refractivity contribution in [3.63, 3.8) is 0 Å². The number of nitrogens with one attached hydrogen (secondary N) is 2. The Kier molecular flexibility index (Phi) is 3.38. The van der Waals surface area contributed by atoms with Crippen LogP contribution >= 0.6 is 11.3 Å². The molecule has 20 heavy (non-hydrogen) atoms. The first kappa shape index (κ1) is 12.7. The molecule has 2 aromatic rings. The number of aromatic nitrogens is 3. The van der Waals surface area contributed by atoms with E-state index in [2.05, 4.69) is 25.6 Å². The van der Waals surface area contributed by atoms with Crippen molar-refractivity contribution < 1.29 is 9.59 Å². The number of hydrogen-bond acceptors (Lipinski definition) is 6. The van der Waals surface area contributed by atoms with E-state index in [1.807, 2.05) is 0 Å². The Morgan fingerprint density at radius 2 is 2.30 bits per heavy atom. The third-order valence-electron chi connectivity index (χ3n) is 2.80. The minimum atomic E-state index is -0.387. The van der Waals surface area contributed by atoms with Crippen molar-refractivity contribution in [3.8, 4) is 0 Å². The predicted molar refractivity (Wildman–Crippen MR) is 72.8 cm³/mol. The molecule has 3 heterocycles. The molecule has 0 saturated carbocycles. The van der Waals surface area contributed by atoms with Gasteiger partial charge in [0.15, 0.2) is 5.13 Å². The molecule has 0 unspecified atom stereocenters. The van der Waals surface area contributed by atoms with Crippen molar-refractivity contribution in [3.05, 3.63) is 34.9 Å². The highest BCUT2D eigenvalue weighted by Gasteiger charge is 2.21. The molecule has 0 fully saturated rings. The van der Waals surface area contributed by atoms with Gasteiger partial charge in [-0.15, -0.1) is 0 Å². The summed E-state index contributed by atoms with van der Waals surface area (Å²) in [5.74, 6) is -0.516. The van der Waals surface area contributed by atoms with Crippen LogP contribution in [0.3, 0.4) is 0 Å². The van der Waals surface area contributed by atoms with Crippen LogP contribution in [-0.4, -0.2) is 33.3 Å². The van der Waals surface area contributed by atoms with E-state index in [1.54, 1.807) is 0 Å². The van der Waals surface area contributed by atoms with E-state index in [4.69, 9.17) is 0 Å². The van der Waals surface area contributed by atoms with Crippen LogP contribution in [0.2, 0.25) is 0 Å². The van der Waals surface area contributed by atoms with Crippen molar-refractivity contribution in [1.29, 1.82) is 0 Å². The number of thiazole rings is 1. The van der Waals surface area contributed by atoms with Crippen molar-refractivity contribution in [2.45, 2.75) is 12.8 Å². The van der Waals surface area contributed by atoms with E-state index in [9.17, 15) is 9.59 Å². The van der Waals surface area contributed by atoms with Gasteiger partial charge in [-0.2, -0.15) is 0 Å². The topological polar surface area (TPSA) is 96.9 Å². The summed E-state index contributed by atoms with van der Waals surface area (Å²) in [6.45, 7) is 0.656. The SMILES string of the molecule is O=C(Nc1nc2c(s1)C(=O)NCCC2)c1cnccn1. The van der Waals surface area contributed by atoms with Gasteiger partial charge >= 0.3 is 0 Å². The van der Waals surface area contributed by atoms with Gasteiger partial charge in [0.05, 0.1) is 11.9 Å². The molecule has 3 rings (SSSR count). The molecule has 0 aliphatic carbocycles. The third kappa shape index (κ3) is 2.50. The molecule has 2 aromatic heterocycles. The molecule has 2 N–H and O–H groups in total. The molecular weight excluding hydrogens is 278 g/mol. The van der Waals surface area contributed by atoms with Crippen LogP contribution in [0, 0.1) is 0 Å². The van der Waals surface area contributed by atoms with Crippen LogP contribution in [0.15, 0.2) is 18.6 Å². The zero-order chi connectivity index (χ0) is 13.9. The molecule has 0 spiro atoms. The lowest BCUT2D eigenvalue weighted by Gasteiger charge is -2.00. The van der Waals surface area contributed by atoms with Gasteiger partial charge in [-0.25, -0.2) is 9.97 Å². The number of aryl methyl sites for hydroxylation is 1. The zero-order valence-electron chi connectivity index (χ0n) is 10.4. The number of anilines is 1. The van der Waals surface area contributed by atoms with Crippen LogP contribution in [0.4, 0.5) is 5.13 Å². The smallest absolute Gasteiger partial charge is 0.277 e. The quantitative estimate of drug-likeness (QED) is 0.854. The molecule has 1 aliphatic heterocycles. The molecule has 0 aromatic carbocycles. The number of amides is 2. The second-order valence-corrected chi connectivity index (χ2v) is 5.20. The summed E-state index contributed by atoms with van der Waals surface area (Å²) in [7, 11) is 0. The average Bonchev–Trinajstić information content (AvgIpc) is 2.79. The van der Waals surface area contributed by atoms with Crippen molar-refractivity contribution in [2.24, 2.45) is 0 Å². The second-order valence-electron chi connectivity index (χ2n) is 4.20. The van der Waals surface area contributed by atoms with Gasteiger partial charge < -0.3 is 5.32 Å². The van der Waals surface area contributed by atoms with Crippen molar-refractivity contribution >= 4 is 28.3 Å². The highest BCUT2D eigenvalue weighted by Crippen LogP contribution is 2.25. The molecular formula is C12H11N5O2S. The summed E-state index contributed by atoms with van der Waals surface area (Å²) in [6.07, 6.45) is 5.89. The molecule has 1 aliphatic rings. The largest absolute Gasteiger partial charge is 0.351 e. The van der Waals surface area contributed by atoms with Gasteiger partial charge in [0.2, 0.25) is 0 Å². The summed E-state index contributed by atoms with van der Waals surface area (Å²) in [5, 5.41) is 5.84. The molecule has 102 valence electrons. The molecule has 7 nitrogen and oxygen atoms in total. The Bertz CT molecular complexity index is 655. The van der Waals surface area contributed by atoms with Gasteiger partial charge in [-0.05, 0) is 12.8 Å². The average molecular weight is 289 g/mol. The maximum Gasteiger partial charge on any atom is 0.277 e. The van der Waals surface area contributed by atoms with E-state index in [0.717, 1.165) is 18.5 Å². The lowest BCUT2D eigenvalue weighted by atomic mass is 10.2. The lowest BCUT2D eigenvalue weighted by molar-refractivity contribution is 0.0958. The highest BCUT2D eigenvalue weighted by molar-refractivity contribution is 7.17. The third-order valence-corrected chi connectivity index (χ3v) is 3.81. The Hall–Kier alpha value is -2.35. The molecule has 2 amide bonds. The monoisotopic (exact) mass is 289 g/mol. The Morgan fingerprint density at radius 3 is 3.10 bits per heavy atom. The summed E-state index contributed by atoms with van der Waals surface area (Å²) in [6, 6.07) is 0. The molecule has 0 radical (unpaired) electrons. The van der Waals surface area contributed by atoms with E-state index < -0.39 is 0 Å². The van der Waals surface area contributed by atoms with E-state index in [-0.39, 0.29) is 17.5 Å². The number of rotatable bonds is 2. The van der Waals surface area contributed by atoms with Crippen LogP contribution in [0.1, 0.15) is 32.3 Å². The van der Waals surface area contributed by atoms with Gasteiger partial charge in [-0.1, -0.05) is 11.3 Å². The second kappa shape index (κ2) is 5.33. The van der Waals surface area contributed by atoms with E-state index in [1.165, 1.54) is 29.9 Å². The first-order valence-corrected chi connectivity index (χ1v) is 6.91. The Balaban J connectivity index is 1.81. The first-order valence-electron chi connectivity index (χ1n) is 6.09. The van der Waals surface area contributed by atoms with Crippen molar-refractivity contribution in [2.75, 3.05) is 11.9 Å². The fraction of sp³-hybridized carbons (Fsp3) is 0.250. The van der Waals surface area contributed by atoms with Crippen LogP contribution in [-0.2, 0) is 6.42 Å². The summed E-state index contributed by atoms with van der Waals surface area (Å²) in [4.78, 5) is 36.3. The molecule has 0 atom stereocenters. The van der Waals surface area contributed by atoms with Gasteiger partial charge in [0.25, 0.3) is 11.8 Å². The number of fused-ring (bicyclic) bond motifs is 1. The zero-order valence-corrected chi connectivity index (χ0v) is 11.2. The van der Waals surface area contributed by atoms with Crippen molar-refractivity contribution in [1.82, 2.24) is 20.3 Å².